The highest BCUT2D eigenvalue weighted by atomic mass is 32.1. The third kappa shape index (κ3) is 4.18. The first-order valence-electron chi connectivity index (χ1n) is 11.0. The first kappa shape index (κ1) is 21.9. The van der Waals surface area contributed by atoms with Gasteiger partial charge in [-0.3, -0.25) is 4.98 Å². The number of carbonyl (C=O) groups excluding carboxylic acids is 1. The zero-order valence-electron chi connectivity index (χ0n) is 18.7. The molecule has 0 radical (unpaired) electrons. The zero-order chi connectivity index (χ0) is 23.5. The molecule has 7 heteroatoms. The summed E-state index contributed by atoms with van der Waals surface area (Å²) in [4.78, 5) is 19.0. The average molecular weight is 469 g/mol. The molecule has 0 unspecified atom stereocenters. The van der Waals surface area contributed by atoms with E-state index in [0.29, 0.717) is 17.2 Å². The highest BCUT2D eigenvalue weighted by Gasteiger charge is 2.41. The van der Waals surface area contributed by atoms with Crippen LogP contribution in [0.5, 0.6) is 0 Å². The third-order valence-electron chi connectivity index (χ3n) is 6.02. The fraction of sp³-hybridized carbons (Fsp3) is 0.148. The Morgan fingerprint density at radius 1 is 1.03 bits per heavy atom. The Kier molecular flexibility index (Phi) is 6.10. The van der Waals surface area contributed by atoms with Gasteiger partial charge in [-0.2, -0.15) is 0 Å². The van der Waals surface area contributed by atoms with E-state index in [0.717, 1.165) is 17.1 Å². The lowest BCUT2D eigenvalue weighted by atomic mass is 10.0. The summed E-state index contributed by atoms with van der Waals surface area (Å²) >= 11 is 5.81. The Balaban J connectivity index is 1.59. The molecule has 1 aliphatic rings. The summed E-state index contributed by atoms with van der Waals surface area (Å²) in [6.45, 7) is 0.661. The van der Waals surface area contributed by atoms with Crippen molar-refractivity contribution in [3.05, 3.63) is 120 Å². The molecule has 34 heavy (non-hydrogen) atoms. The molecule has 5 rings (SSSR count). The lowest BCUT2D eigenvalue weighted by Crippen LogP contribution is -2.30. The fourth-order valence-corrected chi connectivity index (χ4v) is 4.75. The van der Waals surface area contributed by atoms with E-state index < -0.39 is 0 Å². The predicted octanol–water partition coefficient (Wildman–Crippen LogP) is 4.83. The summed E-state index contributed by atoms with van der Waals surface area (Å²) in [5, 5.41) is 4.18. The number of ether oxygens (including phenoxy) is 1. The molecule has 2 atom stereocenters. The van der Waals surface area contributed by atoms with Gasteiger partial charge in [0.1, 0.15) is 0 Å². The Morgan fingerprint density at radius 3 is 2.62 bits per heavy atom. The second-order valence-corrected chi connectivity index (χ2v) is 8.47. The molecule has 1 N–H and O–H groups in total. The number of methoxy groups -OCH3 is 1. The predicted molar refractivity (Wildman–Crippen MR) is 135 cm³/mol. The molecule has 1 aliphatic heterocycles. The topological polar surface area (TPSA) is 59.4 Å². The maximum atomic E-state index is 12.1. The summed E-state index contributed by atoms with van der Waals surface area (Å²) in [6, 6.07) is 27.5. The lowest BCUT2D eigenvalue weighted by molar-refractivity contribution is 0.0600. The number of hydrogen-bond acceptors (Lipinski definition) is 4. The van der Waals surface area contributed by atoms with Crippen LogP contribution >= 0.6 is 12.2 Å². The van der Waals surface area contributed by atoms with Crippen molar-refractivity contribution in [2.75, 3.05) is 7.11 Å². The summed E-state index contributed by atoms with van der Waals surface area (Å²) in [5.41, 5.74) is 4.51. The van der Waals surface area contributed by atoms with Crippen LogP contribution in [0.4, 0.5) is 0 Å². The van der Waals surface area contributed by atoms with E-state index in [4.69, 9.17) is 17.0 Å². The van der Waals surface area contributed by atoms with E-state index in [1.54, 1.807) is 12.3 Å². The number of benzene rings is 2. The van der Waals surface area contributed by atoms with Crippen molar-refractivity contribution >= 4 is 23.3 Å². The maximum Gasteiger partial charge on any atom is 0.337 e. The van der Waals surface area contributed by atoms with Gasteiger partial charge in [-0.25, -0.2) is 4.79 Å². The van der Waals surface area contributed by atoms with Crippen LogP contribution < -0.4 is 5.32 Å². The second-order valence-electron chi connectivity index (χ2n) is 8.09. The minimum Gasteiger partial charge on any atom is -0.465 e. The lowest BCUT2D eigenvalue weighted by Gasteiger charge is -2.29. The van der Waals surface area contributed by atoms with Crippen LogP contribution in [0.1, 0.15) is 39.4 Å². The molecule has 2 aromatic carbocycles. The van der Waals surface area contributed by atoms with Gasteiger partial charge in [0.05, 0.1) is 30.5 Å². The Morgan fingerprint density at radius 2 is 1.85 bits per heavy atom. The number of thiocarbonyl (C=S) groups is 1. The Hall–Kier alpha value is -3.97. The molecule has 4 aromatic rings. The molecular weight excluding hydrogens is 444 g/mol. The van der Waals surface area contributed by atoms with E-state index >= 15 is 0 Å². The third-order valence-corrected chi connectivity index (χ3v) is 6.37. The van der Waals surface area contributed by atoms with E-state index in [2.05, 4.69) is 38.0 Å². The summed E-state index contributed by atoms with van der Waals surface area (Å²) in [6.07, 6.45) is 3.80. The number of esters is 1. The molecule has 0 saturated carbocycles. The standard InChI is InChI=1S/C27H24N4O2S/c1-33-26(32)20-11-7-12-21(17-20)30-16-8-14-23(30)25-24(22-13-5-6-15-28-22)29-27(34)31(25)18-19-9-3-2-4-10-19/h2-17,24-25H,18H2,1H3,(H,29,34)/t24-,25+/m0/s1. The molecule has 0 spiro atoms. The number of nitrogens with one attached hydrogen (secondary N) is 1. The van der Waals surface area contributed by atoms with Gasteiger partial charge in [0.2, 0.25) is 0 Å². The van der Waals surface area contributed by atoms with Crippen molar-refractivity contribution in [3.63, 3.8) is 0 Å². The fourth-order valence-electron chi connectivity index (χ4n) is 4.45. The van der Waals surface area contributed by atoms with Crippen LogP contribution in [-0.2, 0) is 11.3 Å². The van der Waals surface area contributed by atoms with E-state index in [-0.39, 0.29) is 18.1 Å². The SMILES string of the molecule is COC(=O)c1cccc(-n2cccc2[C@@H]2[C@H](c3ccccn3)NC(=S)N2Cc2ccccc2)c1. The molecule has 3 heterocycles. The van der Waals surface area contributed by atoms with E-state index in [1.165, 1.54) is 12.7 Å². The van der Waals surface area contributed by atoms with E-state index in [1.807, 2.05) is 66.9 Å². The van der Waals surface area contributed by atoms with Gasteiger partial charge in [0.25, 0.3) is 0 Å². The van der Waals surface area contributed by atoms with Crippen molar-refractivity contribution < 1.29 is 9.53 Å². The monoisotopic (exact) mass is 468 g/mol. The Labute approximate surface area is 203 Å². The number of rotatable bonds is 6. The minimum absolute atomic E-state index is 0.112. The molecule has 0 bridgehead atoms. The van der Waals surface area contributed by atoms with Crippen LogP contribution in [0, 0.1) is 0 Å². The number of aromatic nitrogens is 2. The van der Waals surface area contributed by atoms with Crippen LogP contribution in [0.25, 0.3) is 5.69 Å². The van der Waals surface area contributed by atoms with Crippen LogP contribution in [0.3, 0.4) is 0 Å². The highest BCUT2D eigenvalue weighted by molar-refractivity contribution is 7.80. The zero-order valence-corrected chi connectivity index (χ0v) is 19.5. The summed E-state index contributed by atoms with van der Waals surface area (Å²) < 4.78 is 7.02. The quantitative estimate of drug-likeness (QED) is 0.323. The molecule has 1 fully saturated rings. The van der Waals surface area contributed by atoms with Crippen LogP contribution in [0.2, 0.25) is 0 Å². The van der Waals surface area contributed by atoms with Crippen molar-refractivity contribution in [2.45, 2.75) is 18.6 Å². The van der Waals surface area contributed by atoms with Gasteiger partial charge in [-0.05, 0) is 60.2 Å². The van der Waals surface area contributed by atoms with Crippen molar-refractivity contribution in [2.24, 2.45) is 0 Å². The molecule has 0 aliphatic carbocycles. The summed E-state index contributed by atoms with van der Waals surface area (Å²) in [7, 11) is 1.39. The van der Waals surface area contributed by atoms with Gasteiger partial charge in [0.15, 0.2) is 5.11 Å². The average Bonchev–Trinajstić information content (AvgIpc) is 3.49. The first-order chi connectivity index (χ1) is 16.7. The largest absolute Gasteiger partial charge is 0.465 e. The minimum atomic E-state index is -0.365. The van der Waals surface area contributed by atoms with Gasteiger partial charge in [-0.1, -0.05) is 42.5 Å². The Bertz CT molecular complexity index is 1310. The number of nitrogens with zero attached hydrogens (tertiary/aromatic N) is 3. The van der Waals surface area contributed by atoms with Crippen LogP contribution in [-0.4, -0.2) is 32.6 Å². The van der Waals surface area contributed by atoms with Gasteiger partial charge >= 0.3 is 5.97 Å². The molecule has 2 aromatic heterocycles. The van der Waals surface area contributed by atoms with Crippen molar-refractivity contribution in [3.8, 4) is 5.69 Å². The molecule has 170 valence electrons. The number of pyridine rings is 1. The normalized spacial score (nSPS) is 17.4. The van der Waals surface area contributed by atoms with E-state index in [9.17, 15) is 4.79 Å². The maximum absolute atomic E-state index is 12.1. The summed E-state index contributed by atoms with van der Waals surface area (Å²) in [5.74, 6) is -0.365. The van der Waals surface area contributed by atoms with Crippen molar-refractivity contribution in [1.29, 1.82) is 0 Å². The van der Waals surface area contributed by atoms with Gasteiger partial charge in [0, 0.05) is 30.3 Å². The molecule has 0 amide bonds. The number of carbonyl (C=O) groups is 1. The molecule has 1 saturated heterocycles. The smallest absolute Gasteiger partial charge is 0.337 e. The van der Waals surface area contributed by atoms with Crippen LogP contribution in [0.15, 0.2) is 97.3 Å². The second kappa shape index (κ2) is 9.49. The first-order valence-corrected chi connectivity index (χ1v) is 11.4. The van der Waals surface area contributed by atoms with Gasteiger partial charge in [-0.15, -0.1) is 0 Å². The molecular formula is C27H24N4O2S. The highest BCUT2D eigenvalue weighted by Crippen LogP contribution is 2.40. The number of hydrogen-bond donors (Lipinski definition) is 1. The van der Waals surface area contributed by atoms with Crippen molar-refractivity contribution in [1.82, 2.24) is 19.8 Å². The van der Waals surface area contributed by atoms with Gasteiger partial charge < -0.3 is 19.5 Å². The molecule has 6 nitrogen and oxygen atoms in total.